The second-order valence-corrected chi connectivity index (χ2v) is 8.18. The first-order valence-corrected chi connectivity index (χ1v) is 10.5. The monoisotopic (exact) mass is 442 g/mol. The molecule has 0 unspecified atom stereocenters. The summed E-state index contributed by atoms with van der Waals surface area (Å²) >= 11 is 6.01. The van der Waals surface area contributed by atoms with Gasteiger partial charge in [0.1, 0.15) is 0 Å². The number of pyridine rings is 2. The lowest BCUT2D eigenvalue weighted by Crippen LogP contribution is -2.49. The Morgan fingerprint density at radius 2 is 1.83 bits per heavy atom. The molecule has 0 bridgehead atoms. The van der Waals surface area contributed by atoms with Crippen LogP contribution in [0.3, 0.4) is 0 Å². The molecule has 3 heterocycles. The van der Waals surface area contributed by atoms with Crippen molar-refractivity contribution in [1.82, 2.24) is 14.9 Å². The van der Waals surface area contributed by atoms with Crippen molar-refractivity contribution in [2.24, 2.45) is 0 Å². The van der Waals surface area contributed by atoms with Gasteiger partial charge in [-0.2, -0.15) is 0 Å². The second kappa shape index (κ2) is 8.80. The second-order valence-electron chi connectivity index (χ2n) is 7.75. The van der Waals surface area contributed by atoms with E-state index in [0.29, 0.717) is 11.4 Å². The van der Waals surface area contributed by atoms with Crippen molar-refractivity contribution in [3.63, 3.8) is 0 Å². The third kappa shape index (κ3) is 4.10. The number of H-pyrrole nitrogens is 1. The van der Waals surface area contributed by atoms with Crippen LogP contribution in [0.2, 0.25) is 5.02 Å². The molecule has 2 aliphatic rings. The van der Waals surface area contributed by atoms with E-state index in [0.717, 1.165) is 55.3 Å². The van der Waals surface area contributed by atoms with Crippen LogP contribution in [0.5, 0.6) is 0 Å². The van der Waals surface area contributed by atoms with Gasteiger partial charge < -0.3 is 9.88 Å². The number of nitrogens with zero attached hydrogens (tertiary/aromatic N) is 3. The minimum atomic E-state index is -0.0634. The number of benzene rings is 1. The van der Waals surface area contributed by atoms with Gasteiger partial charge in [0.25, 0.3) is 5.56 Å². The van der Waals surface area contributed by atoms with E-state index in [-0.39, 0.29) is 18.0 Å². The summed E-state index contributed by atoms with van der Waals surface area (Å²) in [7, 11) is 0. The zero-order valence-electron chi connectivity index (χ0n) is 16.6. The first kappa shape index (κ1) is 20.9. The number of fused-ring (bicyclic) bond motifs is 1. The zero-order valence-corrected chi connectivity index (χ0v) is 18.1. The molecule has 3 aromatic rings. The lowest BCUT2D eigenvalue weighted by Gasteiger charge is -2.38. The van der Waals surface area contributed by atoms with Gasteiger partial charge in [0.2, 0.25) is 0 Å². The molecule has 0 spiro atoms. The highest BCUT2D eigenvalue weighted by Crippen LogP contribution is 2.31. The summed E-state index contributed by atoms with van der Waals surface area (Å²) in [6, 6.07) is 14.1. The van der Waals surface area contributed by atoms with Crippen molar-refractivity contribution in [2.45, 2.75) is 18.9 Å². The van der Waals surface area contributed by atoms with Gasteiger partial charge in [0, 0.05) is 54.8 Å². The lowest BCUT2D eigenvalue weighted by molar-refractivity contribution is 0.214. The molecule has 5 rings (SSSR count). The molecule has 2 aromatic heterocycles. The van der Waals surface area contributed by atoms with Crippen LogP contribution in [0.1, 0.15) is 18.5 Å². The molecule has 1 saturated heterocycles. The molecule has 1 aromatic carbocycles. The predicted molar refractivity (Wildman–Crippen MR) is 126 cm³/mol. The molecule has 7 heteroatoms. The van der Waals surface area contributed by atoms with Gasteiger partial charge in [0.05, 0.1) is 10.9 Å². The Morgan fingerprint density at radius 1 is 1.07 bits per heavy atom. The van der Waals surface area contributed by atoms with E-state index in [1.165, 1.54) is 11.3 Å². The third-order valence-corrected chi connectivity index (χ3v) is 6.29. The summed E-state index contributed by atoms with van der Waals surface area (Å²) in [4.78, 5) is 24.8. The Labute approximate surface area is 186 Å². The van der Waals surface area contributed by atoms with Crippen LogP contribution in [-0.2, 0) is 0 Å². The molecule has 156 valence electrons. The van der Waals surface area contributed by atoms with Gasteiger partial charge in [0.15, 0.2) is 0 Å². The van der Waals surface area contributed by atoms with E-state index in [2.05, 4.69) is 38.0 Å². The van der Waals surface area contributed by atoms with Gasteiger partial charge in [-0.1, -0.05) is 17.7 Å². The van der Waals surface area contributed by atoms with E-state index < -0.39 is 0 Å². The van der Waals surface area contributed by atoms with Crippen LogP contribution in [0.4, 0.5) is 5.69 Å². The standard InChI is InChI=1S/C23H23ClN4O.ClH/c24-17-4-7-18(8-5-17)27-10-12-28(13-11-27)19-6-3-16(14-19)21-15-22-20(23(29)26-21)2-1-9-25-22;/h1-2,4-5,7-9,14-15,19H,3,6,10-13H2,(H,26,29);1H/t19-;/m1./s1. The van der Waals surface area contributed by atoms with E-state index in [9.17, 15) is 4.79 Å². The molecular formula is C23H24Cl2N4O. The van der Waals surface area contributed by atoms with Crippen LogP contribution in [0.15, 0.2) is 59.5 Å². The maximum atomic E-state index is 12.4. The van der Waals surface area contributed by atoms with E-state index in [1.807, 2.05) is 24.3 Å². The molecule has 30 heavy (non-hydrogen) atoms. The van der Waals surface area contributed by atoms with Crippen LogP contribution in [0, 0.1) is 0 Å². The Bertz CT molecular complexity index is 1120. The number of rotatable bonds is 3. The number of piperazine rings is 1. The van der Waals surface area contributed by atoms with Crippen LogP contribution < -0.4 is 10.5 Å². The number of halogens is 2. The Balaban J connectivity index is 0.00000218. The molecular weight excluding hydrogens is 419 g/mol. The topological polar surface area (TPSA) is 52.2 Å². The van der Waals surface area contributed by atoms with Gasteiger partial charge in [-0.05, 0) is 60.9 Å². The molecule has 0 radical (unpaired) electrons. The maximum absolute atomic E-state index is 12.4. The number of nitrogens with one attached hydrogen (secondary N) is 1. The Kier molecular flexibility index (Phi) is 6.14. The van der Waals surface area contributed by atoms with Gasteiger partial charge in [-0.15, -0.1) is 12.4 Å². The van der Waals surface area contributed by atoms with Gasteiger partial charge in [-0.25, -0.2) is 0 Å². The molecule has 1 atom stereocenters. The molecule has 5 nitrogen and oxygen atoms in total. The summed E-state index contributed by atoms with van der Waals surface area (Å²) in [6.07, 6.45) is 6.14. The summed E-state index contributed by atoms with van der Waals surface area (Å²) in [6.45, 7) is 4.09. The smallest absolute Gasteiger partial charge is 0.257 e. The highest BCUT2D eigenvalue weighted by atomic mass is 35.5. The number of hydrogen-bond acceptors (Lipinski definition) is 4. The highest BCUT2D eigenvalue weighted by Gasteiger charge is 2.27. The SMILES string of the molecule is Cl.O=c1[nH]c(C2=C[C@H](N3CCN(c4ccc(Cl)cc4)CC3)CC2)cc2ncccc12. The first-order chi connectivity index (χ1) is 14.2. The largest absolute Gasteiger partial charge is 0.369 e. The van der Waals surface area contributed by atoms with Crippen molar-refractivity contribution in [3.8, 4) is 0 Å². The fraction of sp³-hybridized carbons (Fsp3) is 0.304. The van der Waals surface area contributed by atoms with Crippen LogP contribution >= 0.6 is 24.0 Å². The summed E-state index contributed by atoms with van der Waals surface area (Å²) in [5.41, 5.74) is 4.06. The minimum Gasteiger partial charge on any atom is -0.369 e. The number of hydrogen-bond donors (Lipinski definition) is 1. The molecule has 1 aliphatic carbocycles. The molecule has 0 saturated carbocycles. The van der Waals surface area contributed by atoms with E-state index in [4.69, 9.17) is 11.6 Å². The fourth-order valence-corrected chi connectivity index (χ4v) is 4.56. The number of aromatic amines is 1. The highest BCUT2D eigenvalue weighted by molar-refractivity contribution is 6.30. The quantitative estimate of drug-likeness (QED) is 0.654. The van der Waals surface area contributed by atoms with E-state index >= 15 is 0 Å². The number of allylic oxidation sites excluding steroid dienone is 1. The maximum Gasteiger partial charge on any atom is 0.257 e. The van der Waals surface area contributed by atoms with Crippen LogP contribution in [0.25, 0.3) is 16.5 Å². The fourth-order valence-electron chi connectivity index (χ4n) is 4.44. The average Bonchev–Trinajstić information content (AvgIpc) is 3.25. The summed E-state index contributed by atoms with van der Waals surface area (Å²) in [5, 5.41) is 1.42. The van der Waals surface area contributed by atoms with Crippen molar-refractivity contribution >= 4 is 46.2 Å². The summed E-state index contributed by atoms with van der Waals surface area (Å²) < 4.78 is 0. The number of aromatic nitrogens is 2. The molecule has 1 fully saturated rings. The van der Waals surface area contributed by atoms with Gasteiger partial charge in [-0.3, -0.25) is 14.7 Å². The van der Waals surface area contributed by atoms with Crippen molar-refractivity contribution in [2.75, 3.05) is 31.1 Å². The summed E-state index contributed by atoms with van der Waals surface area (Å²) in [5.74, 6) is 0. The molecule has 1 N–H and O–H groups in total. The number of anilines is 1. The predicted octanol–water partition coefficient (Wildman–Crippen LogP) is 4.37. The molecule has 0 amide bonds. The van der Waals surface area contributed by atoms with Gasteiger partial charge >= 0.3 is 0 Å². The average molecular weight is 443 g/mol. The van der Waals surface area contributed by atoms with Crippen molar-refractivity contribution in [1.29, 1.82) is 0 Å². The molecule has 1 aliphatic heterocycles. The van der Waals surface area contributed by atoms with Crippen molar-refractivity contribution < 1.29 is 0 Å². The van der Waals surface area contributed by atoms with Crippen molar-refractivity contribution in [3.05, 3.63) is 75.8 Å². The lowest BCUT2D eigenvalue weighted by atomic mass is 10.1. The van der Waals surface area contributed by atoms with Crippen LogP contribution in [-0.4, -0.2) is 47.1 Å². The normalized spacial score (nSPS) is 19.6. The zero-order chi connectivity index (χ0) is 19.8. The Hall–Kier alpha value is -2.34. The Morgan fingerprint density at radius 3 is 2.60 bits per heavy atom. The minimum absolute atomic E-state index is 0. The first-order valence-electron chi connectivity index (χ1n) is 10.1. The third-order valence-electron chi connectivity index (χ3n) is 6.04. The van der Waals surface area contributed by atoms with E-state index in [1.54, 1.807) is 12.3 Å².